The lowest BCUT2D eigenvalue weighted by molar-refractivity contribution is -0.132. The number of nitrogens with one attached hydrogen (secondary N) is 2. The van der Waals surface area contributed by atoms with Crippen molar-refractivity contribution in [2.75, 3.05) is 18.4 Å². The van der Waals surface area contributed by atoms with Crippen LogP contribution in [0.15, 0.2) is 27.4 Å². The van der Waals surface area contributed by atoms with E-state index < -0.39 is 5.76 Å². The second kappa shape index (κ2) is 5.87. The molecule has 0 bridgehead atoms. The number of likely N-dealkylation sites (tertiary alicyclic amines) is 1. The lowest BCUT2D eigenvalue weighted by Gasteiger charge is -2.32. The molecule has 0 unspecified atom stereocenters. The number of hydrogen-bond donors (Lipinski definition) is 2. The molecule has 1 fully saturated rings. The molecule has 3 rings (SSSR count). The van der Waals surface area contributed by atoms with Crippen molar-refractivity contribution < 1.29 is 9.21 Å². The summed E-state index contributed by atoms with van der Waals surface area (Å²) < 4.78 is 4.97. The van der Waals surface area contributed by atoms with E-state index in [0.29, 0.717) is 17.0 Å². The van der Waals surface area contributed by atoms with Crippen LogP contribution < -0.4 is 11.1 Å². The van der Waals surface area contributed by atoms with E-state index in [1.54, 1.807) is 18.2 Å². The number of aromatic nitrogens is 1. The number of fused-ring (bicyclic) bond motifs is 1. The van der Waals surface area contributed by atoms with Gasteiger partial charge in [0.05, 0.1) is 5.52 Å². The Balaban J connectivity index is 1.67. The summed E-state index contributed by atoms with van der Waals surface area (Å²) in [6, 6.07) is 5.00. The number of hydrogen-bond acceptors (Lipinski definition) is 4. The van der Waals surface area contributed by atoms with Crippen molar-refractivity contribution in [3.8, 4) is 0 Å². The van der Waals surface area contributed by atoms with Gasteiger partial charge in [-0.2, -0.15) is 0 Å². The molecule has 0 radical (unpaired) electrons. The van der Waals surface area contributed by atoms with Crippen molar-refractivity contribution in [1.82, 2.24) is 9.88 Å². The minimum Gasteiger partial charge on any atom is -0.408 e. The topological polar surface area (TPSA) is 78.3 Å². The van der Waals surface area contributed by atoms with Crippen LogP contribution in [0.3, 0.4) is 0 Å². The molecule has 2 aromatic rings. The van der Waals surface area contributed by atoms with Crippen LogP contribution in [-0.4, -0.2) is 34.9 Å². The maximum absolute atomic E-state index is 12.5. The van der Waals surface area contributed by atoms with Gasteiger partial charge in [-0.05, 0) is 43.9 Å². The zero-order valence-electron chi connectivity index (χ0n) is 12.9. The van der Waals surface area contributed by atoms with Crippen LogP contribution in [0.5, 0.6) is 0 Å². The van der Waals surface area contributed by atoms with Crippen LogP contribution in [0, 0.1) is 5.92 Å². The average molecular weight is 303 g/mol. The molecule has 1 atom stereocenters. The first kappa shape index (κ1) is 14.7. The summed E-state index contributed by atoms with van der Waals surface area (Å²) >= 11 is 0. The molecule has 2 N–H and O–H groups in total. The summed E-state index contributed by atoms with van der Waals surface area (Å²) in [7, 11) is 0. The third-order valence-electron chi connectivity index (χ3n) is 4.27. The number of oxazole rings is 1. The fourth-order valence-electron chi connectivity index (χ4n) is 2.86. The van der Waals surface area contributed by atoms with Gasteiger partial charge in [-0.25, -0.2) is 4.79 Å². The Bertz CT molecular complexity index is 726. The Morgan fingerprint density at radius 3 is 2.86 bits per heavy atom. The van der Waals surface area contributed by atoms with Crippen LogP contribution >= 0.6 is 0 Å². The number of amides is 1. The molecule has 1 aliphatic rings. The van der Waals surface area contributed by atoms with Crippen LogP contribution in [0.2, 0.25) is 0 Å². The number of rotatable bonds is 3. The van der Waals surface area contributed by atoms with Crippen molar-refractivity contribution >= 4 is 22.7 Å². The first-order valence-corrected chi connectivity index (χ1v) is 7.71. The van der Waals surface area contributed by atoms with E-state index in [9.17, 15) is 9.59 Å². The minimum absolute atomic E-state index is 0.118. The van der Waals surface area contributed by atoms with Crippen molar-refractivity contribution in [2.24, 2.45) is 5.92 Å². The standard InChI is InChI=1S/C16H21N3O3/c1-10-5-7-19(8-6-10)15(20)11(2)17-12-3-4-14-13(9-12)18-16(21)22-14/h3-4,9-11,17H,5-8H2,1-2H3,(H,18,21)/t11-/m0/s1. The maximum atomic E-state index is 12.5. The summed E-state index contributed by atoms with van der Waals surface area (Å²) in [5.41, 5.74) is 1.93. The highest BCUT2D eigenvalue weighted by molar-refractivity contribution is 5.85. The molecule has 1 aliphatic heterocycles. The maximum Gasteiger partial charge on any atom is 0.417 e. The first-order chi connectivity index (χ1) is 10.5. The van der Waals surface area contributed by atoms with Crippen molar-refractivity contribution in [3.05, 3.63) is 28.7 Å². The summed E-state index contributed by atoms with van der Waals surface area (Å²) in [6.45, 7) is 5.76. The molecule has 6 nitrogen and oxygen atoms in total. The fourth-order valence-corrected chi connectivity index (χ4v) is 2.86. The average Bonchev–Trinajstić information content (AvgIpc) is 2.86. The van der Waals surface area contributed by atoms with E-state index in [1.807, 2.05) is 11.8 Å². The molecule has 2 heterocycles. The highest BCUT2D eigenvalue weighted by Gasteiger charge is 2.24. The van der Waals surface area contributed by atoms with Crippen LogP contribution in [0.25, 0.3) is 11.1 Å². The number of piperidine rings is 1. The van der Waals surface area contributed by atoms with Gasteiger partial charge >= 0.3 is 5.76 Å². The van der Waals surface area contributed by atoms with E-state index in [-0.39, 0.29) is 11.9 Å². The van der Waals surface area contributed by atoms with Gasteiger partial charge in [-0.3, -0.25) is 9.78 Å². The van der Waals surface area contributed by atoms with Gasteiger partial charge in [0, 0.05) is 18.8 Å². The molecular weight excluding hydrogens is 282 g/mol. The smallest absolute Gasteiger partial charge is 0.408 e. The number of carbonyl (C=O) groups is 1. The monoisotopic (exact) mass is 303 g/mol. The molecular formula is C16H21N3O3. The number of carbonyl (C=O) groups excluding carboxylic acids is 1. The minimum atomic E-state index is -0.473. The second-order valence-electron chi connectivity index (χ2n) is 6.10. The molecule has 22 heavy (non-hydrogen) atoms. The molecule has 1 saturated heterocycles. The quantitative estimate of drug-likeness (QED) is 0.911. The van der Waals surface area contributed by atoms with Gasteiger partial charge in [0.2, 0.25) is 5.91 Å². The lowest BCUT2D eigenvalue weighted by atomic mass is 9.99. The zero-order valence-corrected chi connectivity index (χ0v) is 12.9. The van der Waals surface area contributed by atoms with Gasteiger partial charge in [-0.15, -0.1) is 0 Å². The highest BCUT2D eigenvalue weighted by Crippen LogP contribution is 2.19. The molecule has 1 aromatic heterocycles. The third-order valence-corrected chi connectivity index (χ3v) is 4.27. The van der Waals surface area contributed by atoms with Gasteiger partial charge < -0.3 is 14.6 Å². The Kier molecular flexibility index (Phi) is 3.92. The van der Waals surface area contributed by atoms with E-state index in [4.69, 9.17) is 4.42 Å². The Morgan fingerprint density at radius 2 is 2.14 bits per heavy atom. The predicted octanol–water partition coefficient (Wildman–Crippen LogP) is 2.18. The fraction of sp³-hybridized carbons (Fsp3) is 0.500. The van der Waals surface area contributed by atoms with Crippen LogP contribution in [0.1, 0.15) is 26.7 Å². The molecule has 0 aliphatic carbocycles. The largest absolute Gasteiger partial charge is 0.417 e. The van der Waals surface area contributed by atoms with E-state index in [0.717, 1.165) is 31.6 Å². The van der Waals surface area contributed by atoms with E-state index in [2.05, 4.69) is 17.2 Å². The van der Waals surface area contributed by atoms with Gasteiger partial charge in [0.25, 0.3) is 0 Å². The normalized spacial score (nSPS) is 17.6. The van der Waals surface area contributed by atoms with E-state index in [1.165, 1.54) is 0 Å². The van der Waals surface area contributed by atoms with Crippen molar-refractivity contribution in [1.29, 1.82) is 0 Å². The Labute approximate surface area is 128 Å². The van der Waals surface area contributed by atoms with Gasteiger partial charge in [0.15, 0.2) is 5.58 Å². The van der Waals surface area contributed by atoms with Crippen LogP contribution in [-0.2, 0) is 4.79 Å². The molecule has 6 heteroatoms. The number of benzene rings is 1. The summed E-state index contributed by atoms with van der Waals surface area (Å²) in [4.78, 5) is 28.2. The Hall–Kier alpha value is -2.24. The highest BCUT2D eigenvalue weighted by atomic mass is 16.4. The molecule has 0 saturated carbocycles. The molecule has 118 valence electrons. The molecule has 1 aromatic carbocycles. The third kappa shape index (κ3) is 3.00. The van der Waals surface area contributed by atoms with E-state index >= 15 is 0 Å². The number of anilines is 1. The second-order valence-corrected chi connectivity index (χ2v) is 6.10. The number of H-pyrrole nitrogens is 1. The van der Waals surface area contributed by atoms with Gasteiger partial charge in [0.1, 0.15) is 6.04 Å². The van der Waals surface area contributed by atoms with Crippen molar-refractivity contribution in [3.63, 3.8) is 0 Å². The van der Waals surface area contributed by atoms with Gasteiger partial charge in [-0.1, -0.05) is 6.92 Å². The van der Waals surface area contributed by atoms with Crippen LogP contribution in [0.4, 0.5) is 5.69 Å². The summed E-state index contributed by atoms with van der Waals surface area (Å²) in [6.07, 6.45) is 2.14. The SMILES string of the molecule is CC1CCN(C(=O)[C@H](C)Nc2ccc3oc(=O)[nH]c3c2)CC1. The summed E-state index contributed by atoms with van der Waals surface area (Å²) in [5, 5.41) is 3.20. The Morgan fingerprint density at radius 1 is 1.41 bits per heavy atom. The predicted molar refractivity (Wildman–Crippen MR) is 84.9 cm³/mol. The molecule has 1 amide bonds. The zero-order chi connectivity index (χ0) is 15.7. The lowest BCUT2D eigenvalue weighted by Crippen LogP contribution is -2.45. The first-order valence-electron chi connectivity index (χ1n) is 7.71. The number of aromatic amines is 1. The number of nitrogens with zero attached hydrogens (tertiary/aromatic N) is 1. The molecule has 0 spiro atoms. The summed E-state index contributed by atoms with van der Waals surface area (Å²) in [5.74, 6) is 0.346. The van der Waals surface area contributed by atoms with Crippen molar-refractivity contribution in [2.45, 2.75) is 32.7 Å².